The smallest absolute Gasteiger partial charge is 0.251 e. The van der Waals surface area contributed by atoms with Gasteiger partial charge in [-0.15, -0.1) is 0 Å². The Kier molecular flexibility index (Phi) is 7.00. The summed E-state index contributed by atoms with van der Waals surface area (Å²) in [4.78, 5) is 17.7. The fourth-order valence-electron chi connectivity index (χ4n) is 4.19. The first kappa shape index (κ1) is 23.9. The molecule has 4 rings (SSSR count). The van der Waals surface area contributed by atoms with Crippen molar-refractivity contribution in [2.75, 3.05) is 5.32 Å². The molecule has 0 saturated carbocycles. The summed E-state index contributed by atoms with van der Waals surface area (Å²) >= 11 is 0. The van der Waals surface area contributed by atoms with E-state index in [0.29, 0.717) is 17.8 Å². The third-order valence-corrected chi connectivity index (χ3v) is 7.31. The van der Waals surface area contributed by atoms with E-state index in [9.17, 15) is 13.2 Å². The van der Waals surface area contributed by atoms with Gasteiger partial charge in [0.25, 0.3) is 5.91 Å². The van der Waals surface area contributed by atoms with Gasteiger partial charge in [-0.3, -0.25) is 9.78 Å². The summed E-state index contributed by atoms with van der Waals surface area (Å²) in [5.41, 5.74) is 5.02. The van der Waals surface area contributed by atoms with Crippen LogP contribution in [0.25, 0.3) is 0 Å². The number of carbonyl (C=O) groups excluding carboxylic acids is 1. The normalized spacial score (nSPS) is 13.6. The van der Waals surface area contributed by atoms with Crippen LogP contribution in [0.2, 0.25) is 0 Å². The molecule has 1 heterocycles. The van der Waals surface area contributed by atoms with Crippen LogP contribution in [0.4, 0.5) is 5.69 Å². The van der Waals surface area contributed by atoms with Crippen LogP contribution in [-0.4, -0.2) is 31.4 Å². The van der Waals surface area contributed by atoms with E-state index in [0.717, 1.165) is 24.2 Å². The number of benzene rings is 2. The highest BCUT2D eigenvalue weighted by molar-refractivity contribution is 7.89. The molecule has 3 N–H and O–H groups in total. The number of amides is 1. The first-order valence-electron chi connectivity index (χ1n) is 11.4. The lowest BCUT2D eigenvalue weighted by Gasteiger charge is -2.16. The first-order chi connectivity index (χ1) is 16.2. The molecule has 1 aromatic heterocycles. The lowest BCUT2D eigenvalue weighted by Crippen LogP contribution is -2.35. The predicted molar refractivity (Wildman–Crippen MR) is 133 cm³/mol. The SMILES string of the molecule is Cc1cccc(CNc2cc(C(=O)NC3Cc4ccccc4C3)cc(S(=O)(=O)NC(C)C)c2)n1. The number of rotatable bonds is 8. The third-order valence-electron chi connectivity index (χ3n) is 5.68. The Morgan fingerprint density at radius 3 is 2.38 bits per heavy atom. The summed E-state index contributed by atoms with van der Waals surface area (Å²) in [6, 6.07) is 18.2. The van der Waals surface area contributed by atoms with Crippen molar-refractivity contribution in [3.05, 3.63) is 88.7 Å². The van der Waals surface area contributed by atoms with E-state index in [4.69, 9.17) is 0 Å². The molecule has 0 radical (unpaired) electrons. The number of hydrogen-bond donors (Lipinski definition) is 3. The van der Waals surface area contributed by atoms with Crippen molar-refractivity contribution in [3.8, 4) is 0 Å². The van der Waals surface area contributed by atoms with Crippen LogP contribution < -0.4 is 15.4 Å². The second kappa shape index (κ2) is 9.95. The lowest BCUT2D eigenvalue weighted by atomic mass is 10.1. The Hall–Kier alpha value is -3.23. The molecule has 0 fully saturated rings. The van der Waals surface area contributed by atoms with Crippen molar-refractivity contribution in [1.82, 2.24) is 15.0 Å². The molecular weight excluding hydrogens is 448 g/mol. The van der Waals surface area contributed by atoms with Gasteiger partial charge in [0.2, 0.25) is 10.0 Å². The van der Waals surface area contributed by atoms with Crippen molar-refractivity contribution in [3.63, 3.8) is 0 Å². The number of sulfonamides is 1. The monoisotopic (exact) mass is 478 g/mol. The summed E-state index contributed by atoms with van der Waals surface area (Å²) in [6.07, 6.45) is 1.53. The minimum Gasteiger partial charge on any atom is -0.379 e. The van der Waals surface area contributed by atoms with Crippen LogP contribution in [0.5, 0.6) is 0 Å². The van der Waals surface area contributed by atoms with E-state index in [2.05, 4.69) is 32.5 Å². The maximum Gasteiger partial charge on any atom is 0.251 e. The van der Waals surface area contributed by atoms with Crippen LogP contribution in [0.3, 0.4) is 0 Å². The van der Waals surface area contributed by atoms with Crippen LogP contribution >= 0.6 is 0 Å². The van der Waals surface area contributed by atoms with Crippen molar-refractivity contribution in [1.29, 1.82) is 0 Å². The molecule has 1 aliphatic rings. The Morgan fingerprint density at radius 1 is 1.03 bits per heavy atom. The molecule has 1 aliphatic carbocycles. The van der Waals surface area contributed by atoms with Crippen LogP contribution in [0.1, 0.15) is 46.7 Å². The summed E-state index contributed by atoms with van der Waals surface area (Å²) < 4.78 is 28.4. The second-order valence-electron chi connectivity index (χ2n) is 8.99. The zero-order valence-corrected chi connectivity index (χ0v) is 20.4. The van der Waals surface area contributed by atoms with Gasteiger partial charge in [0.05, 0.1) is 17.1 Å². The highest BCUT2D eigenvalue weighted by atomic mass is 32.2. The quantitative estimate of drug-likeness (QED) is 0.460. The van der Waals surface area contributed by atoms with Gasteiger partial charge < -0.3 is 10.6 Å². The van der Waals surface area contributed by atoms with E-state index in [1.807, 2.05) is 37.3 Å². The topological polar surface area (TPSA) is 100 Å². The molecule has 0 saturated heterocycles. The lowest BCUT2D eigenvalue weighted by molar-refractivity contribution is 0.0938. The molecular formula is C26H30N4O3S. The zero-order chi connectivity index (χ0) is 24.3. The number of carbonyl (C=O) groups is 1. The standard InChI is InChI=1S/C26H30N4O3S/c1-17(2)30-34(32,33)25-14-21(13-23(15-25)27-16-22-10-6-7-18(3)28-22)26(31)29-24-11-19-8-4-5-9-20(19)12-24/h4-10,13-15,17,24,27,30H,11-12,16H2,1-3H3,(H,29,31). The van der Waals surface area contributed by atoms with Crippen LogP contribution in [-0.2, 0) is 29.4 Å². The third kappa shape index (κ3) is 5.81. The number of fused-ring (bicyclic) bond motifs is 1. The number of anilines is 1. The molecule has 0 unspecified atom stereocenters. The van der Waals surface area contributed by atoms with Gasteiger partial charge >= 0.3 is 0 Å². The summed E-state index contributed by atoms with van der Waals surface area (Å²) in [7, 11) is -3.78. The Bertz CT molecular complexity index is 1280. The van der Waals surface area contributed by atoms with Gasteiger partial charge in [-0.25, -0.2) is 13.1 Å². The Labute approximate surface area is 201 Å². The molecule has 7 nitrogen and oxygen atoms in total. The van der Waals surface area contributed by atoms with Crippen LogP contribution in [0.15, 0.2) is 65.6 Å². The minimum absolute atomic E-state index is 0.0214. The van der Waals surface area contributed by atoms with Crippen molar-refractivity contribution < 1.29 is 13.2 Å². The number of aryl methyl sites for hydroxylation is 1. The summed E-state index contributed by atoms with van der Waals surface area (Å²) in [5.74, 6) is -0.295. The first-order valence-corrected chi connectivity index (χ1v) is 12.9. The maximum absolute atomic E-state index is 13.2. The summed E-state index contributed by atoms with van der Waals surface area (Å²) in [5, 5.41) is 6.30. The average Bonchev–Trinajstić information content (AvgIpc) is 3.19. The molecule has 8 heteroatoms. The molecule has 1 amide bonds. The highest BCUT2D eigenvalue weighted by Crippen LogP contribution is 2.24. The van der Waals surface area contributed by atoms with E-state index in [-0.39, 0.29) is 22.9 Å². The fraction of sp³-hybridized carbons (Fsp3) is 0.308. The van der Waals surface area contributed by atoms with Gasteiger partial charge in [0.15, 0.2) is 0 Å². The van der Waals surface area contributed by atoms with Crippen molar-refractivity contribution in [2.24, 2.45) is 0 Å². The summed E-state index contributed by atoms with van der Waals surface area (Å²) in [6.45, 7) is 5.84. The van der Waals surface area contributed by atoms with E-state index >= 15 is 0 Å². The number of nitrogens with one attached hydrogen (secondary N) is 3. The molecule has 3 aromatic rings. The molecule has 0 bridgehead atoms. The molecule has 2 aromatic carbocycles. The van der Waals surface area contributed by atoms with Gasteiger partial charge in [0.1, 0.15) is 0 Å². The fourth-order valence-corrected chi connectivity index (χ4v) is 5.51. The number of hydrogen-bond acceptors (Lipinski definition) is 5. The van der Waals surface area contributed by atoms with Crippen molar-refractivity contribution >= 4 is 21.6 Å². The predicted octanol–water partition coefficient (Wildman–Crippen LogP) is 3.59. The van der Waals surface area contributed by atoms with Gasteiger partial charge in [0, 0.05) is 29.0 Å². The van der Waals surface area contributed by atoms with Gasteiger partial charge in [-0.2, -0.15) is 0 Å². The Morgan fingerprint density at radius 2 is 1.74 bits per heavy atom. The molecule has 178 valence electrons. The maximum atomic E-state index is 13.2. The highest BCUT2D eigenvalue weighted by Gasteiger charge is 2.24. The van der Waals surface area contributed by atoms with E-state index in [1.165, 1.54) is 17.2 Å². The molecule has 0 atom stereocenters. The Balaban J connectivity index is 1.58. The largest absolute Gasteiger partial charge is 0.379 e. The second-order valence-corrected chi connectivity index (χ2v) is 10.7. The minimum atomic E-state index is -3.78. The van der Waals surface area contributed by atoms with Crippen molar-refractivity contribution in [2.45, 2.75) is 57.1 Å². The zero-order valence-electron chi connectivity index (χ0n) is 19.6. The molecule has 34 heavy (non-hydrogen) atoms. The van der Waals surface area contributed by atoms with E-state index < -0.39 is 10.0 Å². The molecule has 0 spiro atoms. The van der Waals surface area contributed by atoms with Gasteiger partial charge in [-0.1, -0.05) is 30.3 Å². The average molecular weight is 479 g/mol. The number of aromatic nitrogens is 1. The number of nitrogens with zero attached hydrogens (tertiary/aromatic N) is 1. The van der Waals surface area contributed by atoms with Crippen LogP contribution in [0, 0.1) is 6.92 Å². The van der Waals surface area contributed by atoms with E-state index in [1.54, 1.807) is 26.0 Å². The van der Waals surface area contributed by atoms with Gasteiger partial charge in [-0.05, 0) is 75.1 Å². The molecule has 0 aliphatic heterocycles. The number of pyridine rings is 1.